The fraction of sp³-hybridized carbons (Fsp3) is 0.167. The normalized spacial score (nSPS) is 9.08. The van der Waals surface area contributed by atoms with Gasteiger partial charge in [0.2, 0.25) is 0 Å². The van der Waals surface area contributed by atoms with E-state index in [9.17, 15) is 4.79 Å². The molecule has 62 valence electrons. The van der Waals surface area contributed by atoms with E-state index in [0.29, 0.717) is 10.4 Å². The zero-order valence-corrected chi connectivity index (χ0v) is 7.47. The Hall–Kier alpha value is -1.03. The zero-order chi connectivity index (χ0) is 8.97. The Morgan fingerprint density at radius 3 is 3.17 bits per heavy atom. The van der Waals surface area contributed by atoms with E-state index >= 15 is 0 Å². The van der Waals surface area contributed by atoms with Crippen LogP contribution in [0.25, 0.3) is 10.4 Å². The van der Waals surface area contributed by atoms with Gasteiger partial charge in [0.1, 0.15) is 0 Å². The second-order valence-electron chi connectivity index (χ2n) is 1.94. The second-order valence-corrected chi connectivity index (χ2v) is 3.20. The number of carbonyl (C=O) groups is 1. The van der Waals surface area contributed by atoms with Gasteiger partial charge in [-0.05, 0) is 34.1 Å². The van der Waals surface area contributed by atoms with Crippen LogP contribution in [-0.4, -0.2) is 5.24 Å². The number of rotatable bonds is 3. The number of azide groups is 1. The van der Waals surface area contributed by atoms with Crippen LogP contribution >= 0.6 is 22.9 Å². The maximum atomic E-state index is 10.7. The van der Waals surface area contributed by atoms with Gasteiger partial charge in [0, 0.05) is 4.91 Å². The maximum Gasteiger partial charge on any atom is 0.262 e. The van der Waals surface area contributed by atoms with E-state index in [1.54, 1.807) is 11.4 Å². The van der Waals surface area contributed by atoms with Gasteiger partial charge in [-0.1, -0.05) is 5.11 Å². The fourth-order valence-electron chi connectivity index (χ4n) is 0.740. The molecule has 0 fully saturated rings. The van der Waals surface area contributed by atoms with Gasteiger partial charge in [0.25, 0.3) is 5.24 Å². The Balaban J connectivity index is 2.91. The van der Waals surface area contributed by atoms with Crippen molar-refractivity contribution in [3.05, 3.63) is 32.3 Å². The van der Waals surface area contributed by atoms with E-state index in [1.165, 1.54) is 11.3 Å². The van der Waals surface area contributed by atoms with Crippen molar-refractivity contribution in [2.75, 3.05) is 0 Å². The summed E-state index contributed by atoms with van der Waals surface area (Å²) in [5, 5.41) is 4.56. The maximum absolute atomic E-state index is 10.7. The smallest absolute Gasteiger partial charge is 0.262 e. The molecule has 0 radical (unpaired) electrons. The monoisotopic (exact) mass is 201 g/mol. The first-order valence-corrected chi connectivity index (χ1v) is 4.28. The molecule has 0 saturated carbocycles. The molecular weight excluding hydrogens is 198 g/mol. The molecule has 1 aromatic heterocycles. The first-order valence-electron chi connectivity index (χ1n) is 3.02. The van der Waals surface area contributed by atoms with Gasteiger partial charge in [0.05, 0.1) is 11.4 Å². The molecule has 0 aliphatic rings. The third kappa shape index (κ3) is 1.98. The largest absolute Gasteiger partial charge is 0.275 e. The molecule has 0 bridgehead atoms. The highest BCUT2D eigenvalue weighted by Crippen LogP contribution is 2.19. The van der Waals surface area contributed by atoms with Crippen molar-refractivity contribution < 1.29 is 4.79 Å². The fourth-order valence-corrected chi connectivity index (χ4v) is 1.74. The van der Waals surface area contributed by atoms with Crippen molar-refractivity contribution in [1.29, 1.82) is 0 Å². The second kappa shape index (κ2) is 4.11. The van der Waals surface area contributed by atoms with Crippen LogP contribution in [0.3, 0.4) is 0 Å². The highest BCUT2D eigenvalue weighted by Gasteiger charge is 2.08. The first-order chi connectivity index (χ1) is 5.75. The van der Waals surface area contributed by atoms with Crippen molar-refractivity contribution in [2.45, 2.75) is 6.54 Å². The van der Waals surface area contributed by atoms with Crippen LogP contribution in [-0.2, 0) is 6.54 Å². The number of thiophene rings is 1. The molecule has 1 heterocycles. The molecule has 0 unspecified atom stereocenters. The predicted molar refractivity (Wildman–Crippen MR) is 47.4 cm³/mol. The number of carbonyl (C=O) groups excluding carboxylic acids is 1. The number of hydrogen-bond donors (Lipinski definition) is 0. The molecule has 0 spiro atoms. The lowest BCUT2D eigenvalue weighted by molar-refractivity contribution is 0.108. The SMILES string of the molecule is [N-]=[N+]=NCc1ccsc1C(=O)Cl. The zero-order valence-electron chi connectivity index (χ0n) is 5.90. The minimum absolute atomic E-state index is 0.174. The van der Waals surface area contributed by atoms with Crippen LogP contribution in [0.2, 0.25) is 0 Å². The van der Waals surface area contributed by atoms with Crippen LogP contribution in [0.15, 0.2) is 16.6 Å². The van der Waals surface area contributed by atoms with E-state index in [-0.39, 0.29) is 6.54 Å². The Morgan fingerprint density at radius 1 is 1.83 bits per heavy atom. The molecule has 0 aromatic carbocycles. The molecular formula is C6H4ClN3OS. The topological polar surface area (TPSA) is 65.8 Å². The van der Waals surface area contributed by atoms with Gasteiger partial charge in [-0.2, -0.15) is 0 Å². The van der Waals surface area contributed by atoms with E-state index < -0.39 is 5.24 Å². The molecule has 0 aliphatic heterocycles. The molecule has 6 heteroatoms. The molecule has 0 atom stereocenters. The summed E-state index contributed by atoms with van der Waals surface area (Å²) < 4.78 is 0. The molecule has 1 rings (SSSR count). The molecule has 0 amide bonds. The van der Waals surface area contributed by atoms with Gasteiger partial charge in [0.15, 0.2) is 0 Å². The van der Waals surface area contributed by atoms with Gasteiger partial charge in [-0.15, -0.1) is 11.3 Å². The quantitative estimate of drug-likeness (QED) is 0.321. The van der Waals surface area contributed by atoms with Crippen molar-refractivity contribution in [3.8, 4) is 0 Å². The highest BCUT2D eigenvalue weighted by atomic mass is 35.5. The van der Waals surface area contributed by atoms with Crippen LogP contribution in [0.5, 0.6) is 0 Å². The van der Waals surface area contributed by atoms with Gasteiger partial charge >= 0.3 is 0 Å². The van der Waals surface area contributed by atoms with Gasteiger partial charge in [-0.25, -0.2) is 0 Å². The van der Waals surface area contributed by atoms with Crippen LogP contribution < -0.4 is 0 Å². The van der Waals surface area contributed by atoms with Gasteiger partial charge < -0.3 is 0 Å². The minimum atomic E-state index is -0.506. The number of halogens is 1. The molecule has 4 nitrogen and oxygen atoms in total. The van der Waals surface area contributed by atoms with Crippen molar-refractivity contribution in [1.82, 2.24) is 0 Å². The summed E-state index contributed by atoms with van der Waals surface area (Å²) in [7, 11) is 0. The van der Waals surface area contributed by atoms with E-state index in [4.69, 9.17) is 17.1 Å². The van der Waals surface area contributed by atoms with Crippen molar-refractivity contribution in [3.63, 3.8) is 0 Å². The Morgan fingerprint density at radius 2 is 2.58 bits per heavy atom. The predicted octanol–water partition coefficient (Wildman–Crippen LogP) is 2.94. The van der Waals surface area contributed by atoms with Gasteiger partial charge in [-0.3, -0.25) is 4.79 Å². The Kier molecular flexibility index (Phi) is 3.10. The van der Waals surface area contributed by atoms with Crippen LogP contribution in [0, 0.1) is 0 Å². The standard InChI is InChI=1S/C6H4ClN3OS/c7-6(11)5-4(1-2-12-5)3-9-10-8/h1-2H,3H2. The lowest BCUT2D eigenvalue weighted by Crippen LogP contribution is -1.89. The van der Waals surface area contributed by atoms with E-state index in [2.05, 4.69) is 10.0 Å². The number of nitrogens with zero attached hydrogens (tertiary/aromatic N) is 3. The van der Waals surface area contributed by atoms with Crippen molar-refractivity contribution in [2.24, 2.45) is 5.11 Å². The molecule has 12 heavy (non-hydrogen) atoms. The van der Waals surface area contributed by atoms with E-state index in [1.807, 2.05) is 0 Å². The van der Waals surface area contributed by atoms with Crippen LogP contribution in [0.1, 0.15) is 15.2 Å². The van der Waals surface area contributed by atoms with Crippen LogP contribution in [0.4, 0.5) is 0 Å². The summed E-state index contributed by atoms with van der Waals surface area (Å²) >= 11 is 6.51. The summed E-state index contributed by atoms with van der Waals surface area (Å²) in [4.78, 5) is 13.8. The lowest BCUT2D eigenvalue weighted by atomic mass is 10.3. The molecule has 0 saturated heterocycles. The summed E-state index contributed by atoms with van der Waals surface area (Å²) in [6.07, 6.45) is 0. The summed E-state index contributed by atoms with van der Waals surface area (Å²) in [6.45, 7) is 0.174. The highest BCUT2D eigenvalue weighted by molar-refractivity contribution is 7.14. The summed E-state index contributed by atoms with van der Waals surface area (Å²) in [5.41, 5.74) is 8.72. The molecule has 0 N–H and O–H groups in total. The average Bonchev–Trinajstić information content (AvgIpc) is 2.48. The summed E-state index contributed by atoms with van der Waals surface area (Å²) in [6, 6.07) is 1.72. The average molecular weight is 202 g/mol. The lowest BCUT2D eigenvalue weighted by Gasteiger charge is -1.91. The molecule has 0 aliphatic carbocycles. The Bertz CT molecular complexity index is 342. The first kappa shape index (κ1) is 9.06. The third-order valence-electron chi connectivity index (χ3n) is 1.23. The third-order valence-corrected chi connectivity index (χ3v) is 2.49. The molecule has 1 aromatic rings. The summed E-state index contributed by atoms with van der Waals surface area (Å²) in [5.74, 6) is 0. The number of hydrogen-bond acceptors (Lipinski definition) is 3. The Labute approximate surface area is 77.4 Å². The van der Waals surface area contributed by atoms with Crippen molar-refractivity contribution >= 4 is 28.2 Å². The minimum Gasteiger partial charge on any atom is -0.275 e. The van der Waals surface area contributed by atoms with E-state index in [0.717, 1.165) is 0 Å².